The van der Waals surface area contributed by atoms with Gasteiger partial charge in [-0.25, -0.2) is 9.59 Å². The van der Waals surface area contributed by atoms with Crippen molar-refractivity contribution in [3.05, 3.63) is 29.3 Å². The molecule has 0 bridgehead atoms. The number of nitrogens with one attached hydrogen (secondary N) is 1. The Morgan fingerprint density at radius 1 is 1.38 bits per heavy atom. The predicted molar refractivity (Wildman–Crippen MR) is 81.7 cm³/mol. The second kappa shape index (κ2) is 6.16. The van der Waals surface area contributed by atoms with Gasteiger partial charge in [0.25, 0.3) is 0 Å². The minimum Gasteiger partial charge on any atom is -0.478 e. The Kier molecular flexibility index (Phi) is 4.50. The molecule has 2 N–H and O–H groups in total. The Hall–Kier alpha value is -2.04. The normalized spacial score (nSPS) is 14.1. The Labute approximate surface area is 125 Å². The molecule has 0 saturated heterocycles. The third kappa shape index (κ3) is 3.97. The smallest absolute Gasteiger partial charge is 0.337 e. The maximum absolute atomic E-state index is 12.4. The number of hydrogen-bond acceptors (Lipinski definition) is 2. The number of anilines is 1. The number of carbonyl (C=O) groups excluding carboxylic acids is 1. The van der Waals surface area contributed by atoms with E-state index in [1.165, 1.54) is 0 Å². The number of aryl methyl sites for hydroxylation is 1. The highest BCUT2D eigenvalue weighted by molar-refractivity contribution is 6.00. The molecule has 1 aliphatic carbocycles. The predicted octanol–water partition coefficient (Wildman–Crippen LogP) is 3.35. The minimum atomic E-state index is -1.03. The number of nitrogens with zero attached hydrogens (tertiary/aromatic N) is 1. The number of aromatic carboxylic acids is 1. The van der Waals surface area contributed by atoms with Crippen LogP contribution in [-0.4, -0.2) is 34.6 Å². The fourth-order valence-corrected chi connectivity index (χ4v) is 2.31. The lowest BCUT2D eigenvalue weighted by atomic mass is 10.1. The van der Waals surface area contributed by atoms with Crippen molar-refractivity contribution < 1.29 is 14.7 Å². The van der Waals surface area contributed by atoms with Crippen LogP contribution < -0.4 is 5.32 Å². The van der Waals surface area contributed by atoms with E-state index < -0.39 is 5.97 Å². The first-order valence-corrected chi connectivity index (χ1v) is 7.30. The van der Waals surface area contributed by atoms with Gasteiger partial charge >= 0.3 is 12.0 Å². The van der Waals surface area contributed by atoms with Gasteiger partial charge in [-0.3, -0.25) is 0 Å². The summed E-state index contributed by atoms with van der Waals surface area (Å²) >= 11 is 0. The Morgan fingerprint density at radius 2 is 2.05 bits per heavy atom. The lowest BCUT2D eigenvalue weighted by molar-refractivity contribution is 0.0698. The summed E-state index contributed by atoms with van der Waals surface area (Å²) in [6.45, 7) is 6.65. The van der Waals surface area contributed by atoms with Crippen molar-refractivity contribution in [3.8, 4) is 0 Å². The molecule has 0 aromatic heterocycles. The van der Waals surface area contributed by atoms with Crippen LogP contribution in [0, 0.1) is 12.8 Å². The standard InChI is InChI=1S/C16H22N2O3/c1-10(2)9-18(12-5-6-12)16(21)17-14-7-4-11(3)8-13(14)15(19)20/h4,7-8,10,12H,5-6,9H2,1-3H3,(H,17,21)(H,19,20). The molecule has 0 atom stereocenters. The molecular formula is C16H22N2O3. The molecule has 1 fully saturated rings. The number of carboxylic acid groups (broad SMARTS) is 1. The molecule has 2 amide bonds. The average Bonchev–Trinajstić information content (AvgIpc) is 3.21. The molecule has 0 heterocycles. The van der Waals surface area contributed by atoms with Gasteiger partial charge in [-0.05, 0) is 37.8 Å². The summed E-state index contributed by atoms with van der Waals surface area (Å²) in [6, 6.07) is 5.11. The van der Waals surface area contributed by atoms with Gasteiger partial charge in [-0.2, -0.15) is 0 Å². The molecule has 1 aliphatic rings. The molecule has 5 nitrogen and oxygen atoms in total. The highest BCUT2D eigenvalue weighted by atomic mass is 16.4. The van der Waals surface area contributed by atoms with E-state index in [9.17, 15) is 14.7 Å². The van der Waals surface area contributed by atoms with Crippen molar-refractivity contribution in [3.63, 3.8) is 0 Å². The largest absolute Gasteiger partial charge is 0.478 e. The van der Waals surface area contributed by atoms with Gasteiger partial charge in [-0.15, -0.1) is 0 Å². The number of hydrogen-bond donors (Lipinski definition) is 2. The maximum atomic E-state index is 12.4. The summed E-state index contributed by atoms with van der Waals surface area (Å²) in [6.07, 6.45) is 2.06. The monoisotopic (exact) mass is 290 g/mol. The van der Waals surface area contributed by atoms with Crippen LogP contribution in [0.5, 0.6) is 0 Å². The molecular weight excluding hydrogens is 268 g/mol. The topological polar surface area (TPSA) is 69.6 Å². The van der Waals surface area contributed by atoms with E-state index in [0.29, 0.717) is 24.2 Å². The minimum absolute atomic E-state index is 0.128. The van der Waals surface area contributed by atoms with Crippen LogP contribution in [0.2, 0.25) is 0 Å². The zero-order chi connectivity index (χ0) is 15.6. The van der Waals surface area contributed by atoms with Crippen LogP contribution in [0.25, 0.3) is 0 Å². The van der Waals surface area contributed by atoms with Crippen LogP contribution in [0.15, 0.2) is 18.2 Å². The third-order valence-corrected chi connectivity index (χ3v) is 3.46. The Morgan fingerprint density at radius 3 is 2.57 bits per heavy atom. The van der Waals surface area contributed by atoms with Crippen molar-refractivity contribution in [2.75, 3.05) is 11.9 Å². The summed E-state index contributed by atoms with van der Waals surface area (Å²) in [4.78, 5) is 25.5. The quantitative estimate of drug-likeness (QED) is 0.873. The van der Waals surface area contributed by atoms with Crippen molar-refractivity contribution in [1.29, 1.82) is 0 Å². The van der Waals surface area contributed by atoms with Crippen LogP contribution in [0.4, 0.5) is 10.5 Å². The highest BCUT2D eigenvalue weighted by Crippen LogP contribution is 2.28. The van der Waals surface area contributed by atoms with Crippen LogP contribution in [-0.2, 0) is 0 Å². The molecule has 0 unspecified atom stereocenters. The Bertz CT molecular complexity index is 550. The molecule has 5 heteroatoms. The van der Waals surface area contributed by atoms with E-state index in [0.717, 1.165) is 18.4 Å². The molecule has 1 aromatic rings. The van der Waals surface area contributed by atoms with Crippen molar-refractivity contribution in [2.24, 2.45) is 5.92 Å². The SMILES string of the molecule is Cc1ccc(NC(=O)N(CC(C)C)C2CC2)c(C(=O)O)c1. The molecule has 1 saturated carbocycles. The number of amides is 2. The van der Waals surface area contributed by atoms with E-state index in [1.54, 1.807) is 18.2 Å². The van der Waals surface area contributed by atoms with Gasteiger partial charge in [0.1, 0.15) is 0 Å². The van der Waals surface area contributed by atoms with E-state index in [1.807, 2.05) is 11.8 Å². The third-order valence-electron chi connectivity index (χ3n) is 3.46. The molecule has 21 heavy (non-hydrogen) atoms. The molecule has 0 aliphatic heterocycles. The summed E-state index contributed by atoms with van der Waals surface area (Å²) in [5, 5.41) is 12.0. The average molecular weight is 290 g/mol. The van der Waals surface area contributed by atoms with Crippen LogP contribution in [0.3, 0.4) is 0 Å². The van der Waals surface area contributed by atoms with Gasteiger partial charge in [0.05, 0.1) is 11.3 Å². The molecule has 1 aromatic carbocycles. The number of benzene rings is 1. The van der Waals surface area contributed by atoms with E-state index in [4.69, 9.17) is 0 Å². The van der Waals surface area contributed by atoms with E-state index in [2.05, 4.69) is 19.2 Å². The van der Waals surface area contributed by atoms with Gasteiger partial charge in [-0.1, -0.05) is 25.5 Å². The molecule has 0 spiro atoms. The highest BCUT2D eigenvalue weighted by Gasteiger charge is 2.33. The first kappa shape index (κ1) is 15.4. The van der Waals surface area contributed by atoms with E-state index >= 15 is 0 Å². The summed E-state index contributed by atoms with van der Waals surface area (Å²) in [7, 11) is 0. The summed E-state index contributed by atoms with van der Waals surface area (Å²) in [5.74, 6) is -0.649. The number of rotatable bonds is 5. The second-order valence-electron chi connectivity index (χ2n) is 6.06. The van der Waals surface area contributed by atoms with Gasteiger partial charge in [0.15, 0.2) is 0 Å². The van der Waals surface area contributed by atoms with Gasteiger partial charge < -0.3 is 15.3 Å². The first-order chi connectivity index (χ1) is 9.88. The van der Waals surface area contributed by atoms with Gasteiger partial charge in [0, 0.05) is 12.6 Å². The molecule has 2 rings (SSSR count). The molecule has 0 radical (unpaired) electrons. The number of carbonyl (C=O) groups is 2. The first-order valence-electron chi connectivity index (χ1n) is 7.30. The lowest BCUT2D eigenvalue weighted by Gasteiger charge is -2.25. The van der Waals surface area contributed by atoms with Crippen molar-refractivity contribution >= 4 is 17.7 Å². The summed E-state index contributed by atoms with van der Waals surface area (Å²) < 4.78 is 0. The number of urea groups is 1. The zero-order valence-corrected chi connectivity index (χ0v) is 12.7. The van der Waals surface area contributed by atoms with Crippen molar-refractivity contribution in [1.82, 2.24) is 4.90 Å². The fraction of sp³-hybridized carbons (Fsp3) is 0.500. The fourth-order valence-electron chi connectivity index (χ4n) is 2.31. The van der Waals surface area contributed by atoms with Crippen LogP contribution in [0.1, 0.15) is 42.6 Å². The number of carboxylic acids is 1. The van der Waals surface area contributed by atoms with Crippen molar-refractivity contribution in [2.45, 2.75) is 39.7 Å². The molecule has 114 valence electrons. The lowest BCUT2D eigenvalue weighted by Crippen LogP contribution is -2.39. The summed E-state index contributed by atoms with van der Waals surface area (Å²) in [5.41, 5.74) is 1.34. The second-order valence-corrected chi connectivity index (χ2v) is 6.06. The van der Waals surface area contributed by atoms with E-state index in [-0.39, 0.29) is 11.6 Å². The van der Waals surface area contributed by atoms with Crippen LogP contribution >= 0.6 is 0 Å². The zero-order valence-electron chi connectivity index (χ0n) is 12.7. The maximum Gasteiger partial charge on any atom is 0.337 e. The van der Waals surface area contributed by atoms with Gasteiger partial charge in [0.2, 0.25) is 0 Å². The Balaban J connectivity index is 2.16.